The molecule has 1 heterocycles. The highest BCUT2D eigenvalue weighted by atomic mass is 32.1. The van der Waals surface area contributed by atoms with Crippen molar-refractivity contribution in [2.24, 2.45) is 33.7 Å². The fourth-order valence-corrected chi connectivity index (χ4v) is 6.19. The molecular weight excluding hydrogens is 781 g/mol. The number of primary amides is 1. The van der Waals surface area contributed by atoms with Crippen LogP contribution in [0.2, 0.25) is 0 Å². The molecule has 0 saturated carbocycles. The Morgan fingerprint density at radius 1 is 0.845 bits per heavy atom. The number of para-hydroxylation sites is 1. The van der Waals surface area contributed by atoms with Gasteiger partial charge < -0.3 is 32.0 Å². The summed E-state index contributed by atoms with van der Waals surface area (Å²) in [5.41, 5.74) is 13.5. The van der Waals surface area contributed by atoms with Crippen LogP contribution >= 0.6 is 24.4 Å². The van der Waals surface area contributed by atoms with E-state index in [4.69, 9.17) is 30.2 Å². The van der Waals surface area contributed by atoms with Gasteiger partial charge in [-0.2, -0.15) is 10.2 Å². The van der Waals surface area contributed by atoms with Crippen molar-refractivity contribution >= 4 is 92.1 Å². The number of H-pyrrole nitrogens is 1. The molecule has 1 aromatic carbocycles. The van der Waals surface area contributed by atoms with Crippen LogP contribution in [0, 0.1) is 17.8 Å². The van der Waals surface area contributed by atoms with Crippen LogP contribution in [0.25, 0.3) is 10.9 Å². The number of nitrogens with two attached hydrogens (primary N) is 1. The van der Waals surface area contributed by atoms with Crippen molar-refractivity contribution in [2.45, 2.75) is 111 Å². The van der Waals surface area contributed by atoms with Gasteiger partial charge in [0.1, 0.15) is 17.6 Å². The number of fused-ring (bicyclic) bond motifs is 1. The Bertz CT molecular complexity index is 1840. The third kappa shape index (κ3) is 17.2. The monoisotopic (exact) mass is 840 g/mol. The molecule has 0 fully saturated rings. The first-order valence-corrected chi connectivity index (χ1v) is 20.4. The number of rotatable bonds is 25. The molecule has 0 spiro atoms. The minimum absolute atomic E-state index is 0.00576. The Kier molecular flexibility index (Phi) is 21.4. The predicted molar refractivity (Wildman–Crippen MR) is 235 cm³/mol. The molecule has 0 aliphatic carbocycles. The Balaban J connectivity index is 2.14. The molecule has 1 aromatic heterocycles. The zero-order chi connectivity index (χ0) is 43.4. The van der Waals surface area contributed by atoms with E-state index in [1.165, 1.54) is 0 Å². The van der Waals surface area contributed by atoms with Gasteiger partial charge in [-0.05, 0) is 82.0 Å². The maximum absolute atomic E-state index is 13.9. The second kappa shape index (κ2) is 25.3. The molecule has 0 radical (unpaired) electrons. The molecule has 4 unspecified atom stereocenters. The Morgan fingerprint density at radius 2 is 1.50 bits per heavy atom. The summed E-state index contributed by atoms with van der Waals surface area (Å²) in [4.78, 5) is 82.0. The maximum Gasteiger partial charge on any atom is 0.243 e. The molecule has 0 aliphatic rings. The lowest BCUT2D eigenvalue weighted by molar-refractivity contribution is -0.135. The zero-order valence-electron chi connectivity index (χ0n) is 34.6. The van der Waals surface area contributed by atoms with Gasteiger partial charge in [-0.15, -0.1) is 0 Å². The number of hydrazone groups is 2. The first kappa shape index (κ1) is 49.0. The number of hydrogen-bond donors (Lipinski definition) is 8. The van der Waals surface area contributed by atoms with Crippen LogP contribution in [0.4, 0.5) is 0 Å². The van der Waals surface area contributed by atoms with Crippen molar-refractivity contribution in [3.8, 4) is 0 Å². The molecule has 18 heteroatoms. The van der Waals surface area contributed by atoms with Gasteiger partial charge in [0.05, 0.1) is 17.5 Å². The predicted octanol–water partition coefficient (Wildman–Crippen LogP) is 3.23. The van der Waals surface area contributed by atoms with Crippen LogP contribution in [-0.4, -0.2) is 87.4 Å². The van der Waals surface area contributed by atoms with E-state index in [0.717, 1.165) is 16.5 Å². The van der Waals surface area contributed by atoms with Gasteiger partial charge in [0, 0.05) is 81.1 Å². The quantitative estimate of drug-likeness (QED) is 0.0311. The molecule has 2 aromatic rings. The average molecular weight is 841 g/mol. The molecule has 0 aliphatic heterocycles. The van der Waals surface area contributed by atoms with Gasteiger partial charge in [-0.25, -0.2) is 0 Å². The number of benzene rings is 1. The smallest absolute Gasteiger partial charge is 0.243 e. The number of thiocarbonyl (C=S) groups is 2. The van der Waals surface area contributed by atoms with Crippen LogP contribution in [0.3, 0.4) is 0 Å². The molecule has 0 saturated heterocycles. The highest BCUT2D eigenvalue weighted by molar-refractivity contribution is 7.80. The molecule has 0 bridgehead atoms. The van der Waals surface area contributed by atoms with Gasteiger partial charge in [0.25, 0.3) is 0 Å². The lowest BCUT2D eigenvalue weighted by atomic mass is 9.84. The number of nitrogens with zero attached hydrogens (tertiary/aromatic N) is 2. The van der Waals surface area contributed by atoms with Crippen molar-refractivity contribution in [3.63, 3.8) is 0 Å². The number of carbonyl (C=O) groups excluding carboxylic acids is 6. The SMILES string of the molecule is CCCC(=O)C(CC(=O)C(C)NC(=O)C(Cc1c[nH]c2ccccc12)NC(=O)C(CCC(N)=O)CC(=O)CCCNC(=S)N/N=C(C)/C(C)=N/NC(=S)NC)C(C)C. The number of carbonyl (C=O) groups is 6. The van der Waals surface area contributed by atoms with E-state index in [-0.39, 0.29) is 66.9 Å². The zero-order valence-corrected chi connectivity index (χ0v) is 36.2. The summed E-state index contributed by atoms with van der Waals surface area (Å²) in [5, 5.41) is 21.0. The fourth-order valence-electron chi connectivity index (χ4n) is 5.99. The highest BCUT2D eigenvalue weighted by Gasteiger charge is 2.31. The number of Topliss-reactive ketones (excluding diaryl/α,β-unsaturated/α-hetero) is 3. The lowest BCUT2D eigenvalue weighted by Crippen LogP contribution is -2.53. The number of aromatic amines is 1. The van der Waals surface area contributed by atoms with E-state index in [2.05, 4.69) is 47.3 Å². The summed E-state index contributed by atoms with van der Waals surface area (Å²) in [6, 6.07) is 5.43. The van der Waals surface area contributed by atoms with Crippen molar-refractivity contribution in [3.05, 3.63) is 36.0 Å². The minimum atomic E-state index is -1.14. The first-order chi connectivity index (χ1) is 27.5. The molecule has 9 N–H and O–H groups in total. The average Bonchev–Trinajstić information content (AvgIpc) is 3.59. The molecule has 2 rings (SSSR count). The summed E-state index contributed by atoms with van der Waals surface area (Å²) in [6.45, 7) is 11.1. The Labute approximate surface area is 351 Å². The third-order valence-corrected chi connectivity index (χ3v) is 10.1. The molecule has 16 nitrogen and oxygen atoms in total. The standard InChI is InChI=1S/C40H60N10O6S2/c1-8-12-34(52)31(23(2)3)21-35(53)26(6)45-38(56)33(20-28-22-44-32-15-10-9-14-30(28)32)46-37(55)27(16-17-36(41)54)19-29(51)13-11-18-43-40(58)50-48-25(5)24(4)47-49-39(57)42-7/h9-10,14-15,22-23,26-27,31,33,44H,8,11-13,16-21H2,1-7H3,(H2,41,54)(H,45,56)(H,46,55)(H2,42,49,57)(H2,43,50,58)/b47-24+,48-25+. The number of aromatic nitrogens is 1. The van der Waals surface area contributed by atoms with E-state index in [1.807, 2.05) is 45.0 Å². The topological polar surface area (TPSA) is 241 Å². The molecule has 58 heavy (non-hydrogen) atoms. The first-order valence-electron chi connectivity index (χ1n) is 19.6. The summed E-state index contributed by atoms with van der Waals surface area (Å²) in [7, 11) is 1.67. The number of amides is 3. The van der Waals surface area contributed by atoms with Gasteiger partial charge in [-0.1, -0.05) is 39.0 Å². The molecular formula is C40H60N10O6S2. The second-order valence-corrected chi connectivity index (χ2v) is 15.4. The fraction of sp³-hybridized carbons (Fsp3) is 0.550. The van der Waals surface area contributed by atoms with Gasteiger partial charge in [0.2, 0.25) is 17.7 Å². The minimum Gasteiger partial charge on any atom is -0.370 e. The van der Waals surface area contributed by atoms with E-state index >= 15 is 0 Å². The van der Waals surface area contributed by atoms with Crippen LogP contribution in [0.1, 0.15) is 98.5 Å². The molecule has 3 amide bonds. The normalized spacial score (nSPS) is 13.8. The number of nitrogens with one attached hydrogen (secondary N) is 7. The number of hydrogen-bond acceptors (Lipinski definition) is 10. The van der Waals surface area contributed by atoms with Crippen molar-refractivity contribution < 1.29 is 28.8 Å². The van der Waals surface area contributed by atoms with E-state index < -0.39 is 41.6 Å². The van der Waals surface area contributed by atoms with Crippen LogP contribution < -0.4 is 37.9 Å². The lowest BCUT2D eigenvalue weighted by Gasteiger charge is -2.25. The van der Waals surface area contributed by atoms with E-state index in [9.17, 15) is 28.8 Å². The third-order valence-electron chi connectivity index (χ3n) is 9.61. The molecule has 4 atom stereocenters. The molecule has 318 valence electrons. The summed E-state index contributed by atoms with van der Waals surface area (Å²) < 4.78 is 0. The van der Waals surface area contributed by atoms with Gasteiger partial charge >= 0.3 is 0 Å². The number of ketones is 3. The van der Waals surface area contributed by atoms with Crippen LogP contribution in [-0.2, 0) is 35.2 Å². The Morgan fingerprint density at radius 3 is 2.12 bits per heavy atom. The van der Waals surface area contributed by atoms with Crippen molar-refractivity contribution in [1.29, 1.82) is 0 Å². The summed E-state index contributed by atoms with van der Waals surface area (Å²) in [6.07, 6.45) is 3.01. The van der Waals surface area contributed by atoms with Crippen molar-refractivity contribution in [1.82, 2.24) is 37.1 Å². The van der Waals surface area contributed by atoms with Gasteiger partial charge in [0.15, 0.2) is 16.0 Å². The largest absolute Gasteiger partial charge is 0.370 e. The van der Waals surface area contributed by atoms with Gasteiger partial charge in [-0.3, -0.25) is 39.6 Å². The summed E-state index contributed by atoms with van der Waals surface area (Å²) >= 11 is 10.3. The highest BCUT2D eigenvalue weighted by Crippen LogP contribution is 2.22. The van der Waals surface area contributed by atoms with Crippen LogP contribution in [0.15, 0.2) is 40.7 Å². The summed E-state index contributed by atoms with van der Waals surface area (Å²) in [5.74, 6) is -3.82. The Hall–Kier alpha value is -5.10. The second-order valence-electron chi connectivity index (χ2n) is 14.6. The van der Waals surface area contributed by atoms with Crippen LogP contribution in [0.5, 0.6) is 0 Å². The van der Waals surface area contributed by atoms with E-state index in [0.29, 0.717) is 42.3 Å². The maximum atomic E-state index is 13.9. The van der Waals surface area contributed by atoms with E-state index in [1.54, 1.807) is 34.0 Å². The van der Waals surface area contributed by atoms with Crippen molar-refractivity contribution in [2.75, 3.05) is 13.6 Å².